The Morgan fingerprint density at radius 2 is 1.56 bits per heavy atom. The zero-order valence-electron chi connectivity index (χ0n) is 9.62. The lowest BCUT2D eigenvalue weighted by Crippen LogP contribution is -1.91. The summed E-state index contributed by atoms with van der Waals surface area (Å²) >= 11 is 0. The van der Waals surface area contributed by atoms with Crippen molar-refractivity contribution in [3.05, 3.63) is 55.1 Å². The van der Waals surface area contributed by atoms with Gasteiger partial charge in [-0.3, -0.25) is 4.98 Å². The second-order valence-electron chi connectivity index (χ2n) is 3.30. The Hall–Kier alpha value is -1.28. The minimum Gasteiger partial charge on any atom is -0.354 e. The van der Waals surface area contributed by atoms with Gasteiger partial charge in [0.05, 0.1) is 0 Å². The predicted octanol–water partition coefficient (Wildman–Crippen LogP) is 3.79. The maximum absolute atomic E-state index is 3.78. The largest absolute Gasteiger partial charge is 0.354 e. The van der Waals surface area contributed by atoms with Gasteiger partial charge in [0.15, 0.2) is 0 Å². The summed E-state index contributed by atoms with van der Waals surface area (Å²) in [5.41, 5.74) is 0. The molecule has 0 atom stereocenters. The number of pyridine rings is 1. The van der Waals surface area contributed by atoms with Crippen LogP contribution >= 0.6 is 12.4 Å². The molecule has 0 N–H and O–H groups in total. The summed E-state index contributed by atoms with van der Waals surface area (Å²) in [5, 5.41) is 0. The molecule has 0 aliphatic carbocycles. The molecule has 16 heavy (non-hydrogen) atoms. The molecule has 88 valence electrons. The van der Waals surface area contributed by atoms with Crippen molar-refractivity contribution < 1.29 is 0 Å². The fraction of sp³-hybridized carbons (Fsp3) is 0.308. The molecule has 0 spiro atoms. The highest BCUT2D eigenvalue weighted by atomic mass is 35.5. The van der Waals surface area contributed by atoms with E-state index in [2.05, 4.69) is 41.0 Å². The maximum atomic E-state index is 3.78. The van der Waals surface area contributed by atoms with Crippen molar-refractivity contribution in [2.75, 3.05) is 0 Å². The van der Waals surface area contributed by atoms with E-state index in [0.29, 0.717) is 0 Å². The van der Waals surface area contributed by atoms with Crippen LogP contribution in [0.4, 0.5) is 0 Å². The molecule has 0 unspecified atom stereocenters. The van der Waals surface area contributed by atoms with E-state index in [-0.39, 0.29) is 12.4 Å². The molecule has 2 heterocycles. The number of hydrogen-bond acceptors (Lipinski definition) is 1. The molecular formula is C13H19ClN2. The molecular weight excluding hydrogens is 220 g/mol. The van der Waals surface area contributed by atoms with Gasteiger partial charge in [-0.05, 0) is 30.7 Å². The zero-order chi connectivity index (χ0) is 10.8. The van der Waals surface area contributed by atoms with Crippen molar-refractivity contribution >= 4 is 12.4 Å². The van der Waals surface area contributed by atoms with Crippen molar-refractivity contribution in [3.63, 3.8) is 0 Å². The minimum absolute atomic E-state index is 0. The number of halogens is 1. The van der Waals surface area contributed by atoms with Crippen LogP contribution in [0.15, 0.2) is 55.1 Å². The fourth-order valence-electron chi connectivity index (χ4n) is 1.17. The quantitative estimate of drug-likeness (QED) is 0.796. The van der Waals surface area contributed by atoms with Crippen molar-refractivity contribution in [1.82, 2.24) is 9.55 Å². The first-order valence-electron chi connectivity index (χ1n) is 5.39. The topological polar surface area (TPSA) is 17.8 Å². The lowest BCUT2D eigenvalue weighted by atomic mass is 10.3. The molecule has 2 aromatic rings. The highest BCUT2D eigenvalue weighted by molar-refractivity contribution is 5.85. The second-order valence-corrected chi connectivity index (χ2v) is 3.30. The molecule has 0 fully saturated rings. The van der Waals surface area contributed by atoms with Gasteiger partial charge in [-0.1, -0.05) is 19.4 Å². The first-order valence-corrected chi connectivity index (χ1v) is 5.39. The summed E-state index contributed by atoms with van der Waals surface area (Å²) in [6.07, 6.45) is 10.3. The minimum atomic E-state index is 0. The third-order valence-electron chi connectivity index (χ3n) is 2.00. The number of rotatable bonds is 3. The monoisotopic (exact) mass is 238 g/mol. The van der Waals surface area contributed by atoms with Gasteiger partial charge in [-0.15, -0.1) is 12.4 Å². The second kappa shape index (κ2) is 10.2. The lowest BCUT2D eigenvalue weighted by molar-refractivity contribution is 0.635. The molecule has 0 radical (unpaired) electrons. The van der Waals surface area contributed by atoms with Crippen molar-refractivity contribution in [2.45, 2.75) is 26.3 Å². The summed E-state index contributed by atoms with van der Waals surface area (Å²) in [6, 6.07) is 9.85. The highest BCUT2D eigenvalue weighted by Crippen LogP contribution is 1.94. The molecule has 2 nitrogen and oxygen atoms in total. The van der Waals surface area contributed by atoms with Crippen LogP contribution in [-0.2, 0) is 6.54 Å². The van der Waals surface area contributed by atoms with E-state index in [1.807, 2.05) is 18.2 Å². The van der Waals surface area contributed by atoms with Gasteiger partial charge in [0.2, 0.25) is 0 Å². The molecule has 0 saturated carbocycles. The summed E-state index contributed by atoms with van der Waals surface area (Å²) in [6.45, 7) is 3.38. The van der Waals surface area contributed by atoms with E-state index in [1.165, 1.54) is 19.4 Å². The predicted molar refractivity (Wildman–Crippen MR) is 70.8 cm³/mol. The van der Waals surface area contributed by atoms with E-state index in [9.17, 15) is 0 Å². The number of aromatic nitrogens is 2. The number of nitrogens with zero attached hydrogens (tertiary/aromatic N) is 2. The van der Waals surface area contributed by atoms with Gasteiger partial charge in [0, 0.05) is 31.3 Å². The Morgan fingerprint density at radius 3 is 1.94 bits per heavy atom. The first-order chi connectivity index (χ1) is 7.43. The van der Waals surface area contributed by atoms with Crippen molar-refractivity contribution in [1.29, 1.82) is 0 Å². The van der Waals surface area contributed by atoms with Gasteiger partial charge < -0.3 is 4.57 Å². The summed E-state index contributed by atoms with van der Waals surface area (Å²) < 4.78 is 2.21. The van der Waals surface area contributed by atoms with Gasteiger partial charge in [0.1, 0.15) is 0 Å². The van der Waals surface area contributed by atoms with Crippen molar-refractivity contribution in [2.24, 2.45) is 0 Å². The number of aryl methyl sites for hydroxylation is 1. The van der Waals surface area contributed by atoms with Crippen LogP contribution < -0.4 is 0 Å². The van der Waals surface area contributed by atoms with Gasteiger partial charge in [0.25, 0.3) is 0 Å². The van der Waals surface area contributed by atoms with Crippen LogP contribution in [0.3, 0.4) is 0 Å². The first kappa shape index (κ1) is 14.7. The average Bonchev–Trinajstić information content (AvgIpc) is 2.82. The summed E-state index contributed by atoms with van der Waals surface area (Å²) in [7, 11) is 0. The zero-order valence-corrected chi connectivity index (χ0v) is 10.4. The maximum Gasteiger partial charge on any atom is 0.0267 e. The molecule has 0 bridgehead atoms. The van der Waals surface area contributed by atoms with Crippen LogP contribution in [0.2, 0.25) is 0 Å². The Balaban J connectivity index is 0.000000283. The number of unbranched alkanes of at least 4 members (excludes halogenated alkanes) is 1. The standard InChI is InChI=1S/C8H13N.C5H5N.ClH/c1-2-3-6-9-7-4-5-8-9;1-2-4-6-5-3-1;/h4-5,7-8H,2-3,6H2,1H3;1-5H;1H. The highest BCUT2D eigenvalue weighted by Gasteiger charge is 1.84. The fourth-order valence-corrected chi connectivity index (χ4v) is 1.17. The molecule has 3 heteroatoms. The van der Waals surface area contributed by atoms with Gasteiger partial charge in [-0.25, -0.2) is 0 Å². The molecule has 0 aliphatic rings. The van der Waals surface area contributed by atoms with Gasteiger partial charge in [-0.2, -0.15) is 0 Å². The molecule has 0 saturated heterocycles. The summed E-state index contributed by atoms with van der Waals surface area (Å²) in [5.74, 6) is 0. The summed E-state index contributed by atoms with van der Waals surface area (Å²) in [4.78, 5) is 3.78. The van der Waals surface area contributed by atoms with Crippen LogP contribution in [0.5, 0.6) is 0 Å². The number of hydrogen-bond donors (Lipinski definition) is 0. The molecule has 2 aromatic heterocycles. The van der Waals surface area contributed by atoms with Crippen LogP contribution in [0, 0.1) is 0 Å². The van der Waals surface area contributed by atoms with Crippen LogP contribution in [0.25, 0.3) is 0 Å². The normalized spacial score (nSPS) is 8.56. The molecule has 0 amide bonds. The Kier molecular flexibility index (Phi) is 9.43. The SMILES string of the molecule is CCCCn1cccc1.Cl.c1ccncc1. The van der Waals surface area contributed by atoms with E-state index >= 15 is 0 Å². The molecule has 0 aliphatic heterocycles. The van der Waals surface area contributed by atoms with E-state index in [0.717, 1.165) is 0 Å². The van der Waals surface area contributed by atoms with Crippen LogP contribution in [-0.4, -0.2) is 9.55 Å². The molecule has 2 rings (SSSR count). The van der Waals surface area contributed by atoms with Crippen molar-refractivity contribution in [3.8, 4) is 0 Å². The third-order valence-corrected chi connectivity index (χ3v) is 2.00. The van der Waals surface area contributed by atoms with Gasteiger partial charge >= 0.3 is 0 Å². The smallest absolute Gasteiger partial charge is 0.0267 e. The van der Waals surface area contributed by atoms with E-state index in [4.69, 9.17) is 0 Å². The average molecular weight is 239 g/mol. The Bertz CT molecular complexity index is 292. The third kappa shape index (κ3) is 7.07. The Labute approximate surface area is 104 Å². The molecule has 0 aromatic carbocycles. The van der Waals surface area contributed by atoms with Crippen LogP contribution in [0.1, 0.15) is 19.8 Å². The van der Waals surface area contributed by atoms with E-state index in [1.54, 1.807) is 12.4 Å². The van der Waals surface area contributed by atoms with E-state index < -0.39 is 0 Å². The Morgan fingerprint density at radius 1 is 0.938 bits per heavy atom. The lowest BCUT2D eigenvalue weighted by Gasteiger charge is -1.97.